The van der Waals surface area contributed by atoms with Gasteiger partial charge >= 0.3 is 0 Å². The normalized spacial score (nSPS) is 16.3. The summed E-state index contributed by atoms with van der Waals surface area (Å²) in [6, 6.07) is 16.2. The van der Waals surface area contributed by atoms with E-state index < -0.39 is 0 Å². The van der Waals surface area contributed by atoms with E-state index in [1.54, 1.807) is 0 Å². The van der Waals surface area contributed by atoms with Crippen molar-refractivity contribution in [1.29, 1.82) is 0 Å². The molecule has 1 aliphatic heterocycles. The van der Waals surface area contributed by atoms with Crippen LogP contribution in [0.5, 0.6) is 5.75 Å². The Hall–Kier alpha value is -2.75. The molecule has 0 unspecified atom stereocenters. The van der Waals surface area contributed by atoms with Gasteiger partial charge in [0.25, 0.3) is 0 Å². The van der Waals surface area contributed by atoms with Gasteiger partial charge in [-0.05, 0) is 36.6 Å². The van der Waals surface area contributed by atoms with Crippen molar-refractivity contribution in [2.75, 3.05) is 13.2 Å². The van der Waals surface area contributed by atoms with Crippen LogP contribution in [0.15, 0.2) is 48.5 Å². The largest absolute Gasteiger partial charge is 0.493 e. The van der Waals surface area contributed by atoms with Crippen LogP contribution in [-0.2, 0) is 17.6 Å². The van der Waals surface area contributed by atoms with Crippen LogP contribution in [0, 0.1) is 12.8 Å². The number of aromatic amines is 1. The molecule has 0 saturated heterocycles. The number of hydrogen-bond acceptors (Lipinski definition) is 2. The highest BCUT2D eigenvalue weighted by atomic mass is 16.5. The highest BCUT2D eigenvalue weighted by molar-refractivity contribution is 5.90. The van der Waals surface area contributed by atoms with Crippen LogP contribution in [0.2, 0.25) is 0 Å². The quantitative estimate of drug-likeness (QED) is 0.768. The maximum Gasteiger partial charge on any atom is 0.224 e. The first-order valence-electron chi connectivity index (χ1n) is 8.74. The molecule has 25 heavy (non-hydrogen) atoms. The van der Waals surface area contributed by atoms with Crippen LogP contribution in [0.3, 0.4) is 0 Å². The molecule has 1 aromatic heterocycles. The van der Waals surface area contributed by atoms with E-state index in [2.05, 4.69) is 22.4 Å². The van der Waals surface area contributed by atoms with Gasteiger partial charge in [-0.15, -0.1) is 0 Å². The fourth-order valence-corrected chi connectivity index (χ4v) is 3.57. The van der Waals surface area contributed by atoms with Crippen LogP contribution in [0.1, 0.15) is 16.8 Å². The number of H-pyrrole nitrogens is 1. The van der Waals surface area contributed by atoms with Crippen molar-refractivity contribution in [2.24, 2.45) is 5.92 Å². The minimum Gasteiger partial charge on any atom is -0.493 e. The summed E-state index contributed by atoms with van der Waals surface area (Å²) in [5.74, 6) is 1.36. The van der Waals surface area contributed by atoms with Gasteiger partial charge in [-0.1, -0.05) is 36.4 Å². The summed E-state index contributed by atoms with van der Waals surface area (Å²) >= 11 is 0. The Morgan fingerprint density at radius 2 is 2.00 bits per heavy atom. The number of para-hydroxylation sites is 2. The van der Waals surface area contributed by atoms with Crippen molar-refractivity contribution in [3.63, 3.8) is 0 Å². The first-order valence-corrected chi connectivity index (χ1v) is 8.74. The van der Waals surface area contributed by atoms with Gasteiger partial charge in [0.2, 0.25) is 5.91 Å². The molecular formula is C21H22N2O2. The number of nitrogens with one attached hydrogen (secondary N) is 2. The number of ether oxygens (including phenoxy) is 1. The number of rotatable bonds is 4. The second-order valence-corrected chi connectivity index (χ2v) is 6.74. The highest BCUT2D eigenvalue weighted by Crippen LogP contribution is 2.26. The lowest BCUT2D eigenvalue weighted by molar-refractivity contribution is -0.120. The van der Waals surface area contributed by atoms with E-state index in [0.29, 0.717) is 25.5 Å². The van der Waals surface area contributed by atoms with Crippen molar-refractivity contribution in [3.05, 3.63) is 65.4 Å². The topological polar surface area (TPSA) is 54.1 Å². The maximum absolute atomic E-state index is 12.4. The monoisotopic (exact) mass is 334 g/mol. The average Bonchev–Trinajstić information content (AvgIpc) is 2.95. The average molecular weight is 334 g/mol. The summed E-state index contributed by atoms with van der Waals surface area (Å²) in [4.78, 5) is 15.8. The number of carbonyl (C=O) groups is 1. The third-order valence-electron chi connectivity index (χ3n) is 4.91. The van der Waals surface area contributed by atoms with Crippen LogP contribution in [0.25, 0.3) is 10.9 Å². The number of aryl methyl sites for hydroxylation is 1. The van der Waals surface area contributed by atoms with E-state index in [0.717, 1.165) is 34.3 Å². The number of carbonyl (C=O) groups excluding carboxylic acids is 1. The Morgan fingerprint density at radius 3 is 2.92 bits per heavy atom. The standard InChI is InChI=1S/C21H22N2O2/c1-14-18(17-7-3-4-8-19(17)23-14)11-21(24)22-12-15-10-16-6-2-5-9-20(16)25-13-15/h2-9,15,23H,10-13H2,1H3,(H,22,24)/t15-/m1/s1. The van der Waals surface area contributed by atoms with Crippen molar-refractivity contribution < 1.29 is 9.53 Å². The van der Waals surface area contributed by atoms with Crippen LogP contribution < -0.4 is 10.1 Å². The van der Waals surface area contributed by atoms with Crippen molar-refractivity contribution in [1.82, 2.24) is 10.3 Å². The molecule has 0 bridgehead atoms. The first-order chi connectivity index (χ1) is 12.2. The van der Waals surface area contributed by atoms with E-state index >= 15 is 0 Å². The van der Waals surface area contributed by atoms with Gasteiger partial charge in [0.15, 0.2) is 0 Å². The van der Waals surface area contributed by atoms with Gasteiger partial charge < -0.3 is 15.0 Å². The summed E-state index contributed by atoms with van der Waals surface area (Å²) in [5.41, 5.74) is 4.45. The van der Waals surface area contributed by atoms with Crippen LogP contribution >= 0.6 is 0 Å². The molecule has 2 heterocycles. The molecule has 1 aliphatic rings. The van der Waals surface area contributed by atoms with E-state index in [9.17, 15) is 4.79 Å². The molecule has 0 fully saturated rings. The van der Waals surface area contributed by atoms with Crippen molar-refractivity contribution in [2.45, 2.75) is 19.8 Å². The Kier molecular flexibility index (Phi) is 4.18. The van der Waals surface area contributed by atoms with Crippen LogP contribution in [-0.4, -0.2) is 24.0 Å². The predicted molar refractivity (Wildman–Crippen MR) is 98.9 cm³/mol. The molecule has 0 spiro atoms. The third kappa shape index (κ3) is 3.25. The Bertz CT molecular complexity index is 913. The van der Waals surface area contributed by atoms with Crippen LogP contribution in [0.4, 0.5) is 0 Å². The predicted octanol–water partition coefficient (Wildman–Crippen LogP) is 3.39. The molecule has 0 saturated carbocycles. The second-order valence-electron chi connectivity index (χ2n) is 6.74. The zero-order chi connectivity index (χ0) is 17.2. The fraction of sp³-hybridized carbons (Fsp3) is 0.286. The minimum absolute atomic E-state index is 0.0618. The molecule has 0 aliphatic carbocycles. The zero-order valence-electron chi connectivity index (χ0n) is 14.3. The zero-order valence-corrected chi connectivity index (χ0v) is 14.3. The molecule has 1 atom stereocenters. The summed E-state index contributed by atoms with van der Waals surface area (Å²) in [6.45, 7) is 3.33. The van der Waals surface area contributed by atoms with Gasteiger partial charge in [0, 0.05) is 29.1 Å². The van der Waals surface area contributed by atoms with Gasteiger partial charge in [-0.25, -0.2) is 0 Å². The Labute approximate surface area is 147 Å². The summed E-state index contributed by atoms with van der Waals surface area (Å²) in [5, 5.41) is 4.21. The maximum atomic E-state index is 12.4. The fourth-order valence-electron chi connectivity index (χ4n) is 3.57. The number of benzene rings is 2. The number of aromatic nitrogens is 1. The number of amides is 1. The van der Waals surface area contributed by atoms with Crippen molar-refractivity contribution >= 4 is 16.8 Å². The lowest BCUT2D eigenvalue weighted by Crippen LogP contribution is -2.35. The molecule has 128 valence electrons. The second kappa shape index (κ2) is 6.63. The molecule has 2 N–H and O–H groups in total. The van der Waals surface area contributed by atoms with E-state index in [1.165, 1.54) is 5.56 Å². The molecule has 1 amide bonds. The smallest absolute Gasteiger partial charge is 0.224 e. The molecule has 4 nitrogen and oxygen atoms in total. The lowest BCUT2D eigenvalue weighted by atomic mass is 9.96. The molecule has 4 heteroatoms. The number of hydrogen-bond donors (Lipinski definition) is 2. The molecule has 0 radical (unpaired) electrons. The molecule has 4 rings (SSSR count). The number of fused-ring (bicyclic) bond motifs is 2. The highest BCUT2D eigenvalue weighted by Gasteiger charge is 2.20. The Morgan fingerprint density at radius 1 is 1.20 bits per heavy atom. The third-order valence-corrected chi connectivity index (χ3v) is 4.91. The van der Waals surface area contributed by atoms with Gasteiger partial charge in [-0.2, -0.15) is 0 Å². The summed E-state index contributed by atoms with van der Waals surface area (Å²) in [6.07, 6.45) is 1.35. The first kappa shape index (κ1) is 15.8. The van der Waals surface area contributed by atoms with Crippen molar-refractivity contribution in [3.8, 4) is 5.75 Å². The SMILES string of the molecule is Cc1[nH]c2ccccc2c1CC(=O)NC[C@@H]1COc2ccccc2C1. The van der Waals surface area contributed by atoms with E-state index in [-0.39, 0.29) is 5.91 Å². The minimum atomic E-state index is 0.0618. The van der Waals surface area contributed by atoms with Gasteiger partial charge in [-0.3, -0.25) is 4.79 Å². The van der Waals surface area contributed by atoms with Gasteiger partial charge in [0.05, 0.1) is 13.0 Å². The lowest BCUT2D eigenvalue weighted by Gasteiger charge is -2.25. The van der Waals surface area contributed by atoms with E-state index in [1.807, 2.05) is 43.3 Å². The molecule has 2 aromatic carbocycles. The summed E-state index contributed by atoms with van der Waals surface area (Å²) < 4.78 is 5.79. The summed E-state index contributed by atoms with van der Waals surface area (Å²) in [7, 11) is 0. The van der Waals surface area contributed by atoms with E-state index in [4.69, 9.17) is 4.74 Å². The molecule has 3 aromatic rings. The Balaban J connectivity index is 1.38. The molecular weight excluding hydrogens is 312 g/mol. The van der Waals surface area contributed by atoms with Gasteiger partial charge in [0.1, 0.15) is 5.75 Å².